The lowest BCUT2D eigenvalue weighted by Gasteiger charge is -2.12. The lowest BCUT2D eigenvalue weighted by atomic mass is 10.1. The zero-order valence-electron chi connectivity index (χ0n) is 12.1. The molecule has 0 aromatic heterocycles. The van der Waals surface area contributed by atoms with E-state index in [4.69, 9.17) is 23.2 Å². The van der Waals surface area contributed by atoms with Crippen LogP contribution in [0.3, 0.4) is 0 Å². The summed E-state index contributed by atoms with van der Waals surface area (Å²) in [7, 11) is 0. The van der Waals surface area contributed by atoms with Crippen molar-refractivity contribution in [3.63, 3.8) is 0 Å². The van der Waals surface area contributed by atoms with E-state index < -0.39 is 6.03 Å². The topological polar surface area (TPSA) is 74.8 Å². The van der Waals surface area contributed by atoms with Crippen LogP contribution in [0.2, 0.25) is 10.0 Å². The van der Waals surface area contributed by atoms with E-state index in [-0.39, 0.29) is 18.5 Å². The van der Waals surface area contributed by atoms with Crippen LogP contribution in [-0.4, -0.2) is 25.0 Å². The predicted molar refractivity (Wildman–Crippen MR) is 83.5 cm³/mol. The van der Waals surface area contributed by atoms with Crippen molar-refractivity contribution < 1.29 is 14.9 Å². The van der Waals surface area contributed by atoms with Crippen molar-refractivity contribution in [2.45, 2.75) is 26.3 Å². The molecular formula is C14H20Cl2N3O2+. The summed E-state index contributed by atoms with van der Waals surface area (Å²) in [6, 6.07) is 4.77. The van der Waals surface area contributed by atoms with Gasteiger partial charge in [-0.15, -0.1) is 0 Å². The van der Waals surface area contributed by atoms with Crippen molar-refractivity contribution in [1.29, 1.82) is 0 Å². The van der Waals surface area contributed by atoms with Gasteiger partial charge in [0.1, 0.15) is 6.04 Å². The number of benzene rings is 1. The van der Waals surface area contributed by atoms with Gasteiger partial charge in [-0.1, -0.05) is 36.2 Å². The molecule has 0 spiro atoms. The molecule has 4 N–H and O–H groups in total. The third-order valence-electron chi connectivity index (χ3n) is 2.90. The van der Waals surface area contributed by atoms with E-state index in [1.807, 2.05) is 19.9 Å². The van der Waals surface area contributed by atoms with E-state index in [0.717, 1.165) is 12.0 Å². The van der Waals surface area contributed by atoms with Gasteiger partial charge in [0.05, 0.1) is 5.02 Å². The molecular weight excluding hydrogens is 313 g/mol. The summed E-state index contributed by atoms with van der Waals surface area (Å²) in [4.78, 5) is 23.0. The second kappa shape index (κ2) is 8.87. The minimum absolute atomic E-state index is 0.0146. The number of carbonyl (C=O) groups is 2. The first-order chi connectivity index (χ1) is 9.93. The molecule has 1 atom stereocenters. The van der Waals surface area contributed by atoms with Crippen LogP contribution in [0, 0.1) is 0 Å². The largest absolute Gasteiger partial charge is 0.338 e. The summed E-state index contributed by atoms with van der Waals surface area (Å²) in [5.41, 5.74) is 0.893. The highest BCUT2D eigenvalue weighted by Gasteiger charge is 2.15. The second-order valence-electron chi connectivity index (χ2n) is 4.70. The number of quaternary nitrogens is 1. The second-order valence-corrected chi connectivity index (χ2v) is 5.54. The fourth-order valence-corrected chi connectivity index (χ4v) is 2.32. The third-order valence-corrected chi connectivity index (χ3v) is 3.46. The van der Waals surface area contributed by atoms with Gasteiger partial charge in [-0.3, -0.25) is 10.1 Å². The van der Waals surface area contributed by atoms with Crippen LogP contribution in [0.25, 0.3) is 0 Å². The van der Waals surface area contributed by atoms with Crippen LogP contribution >= 0.6 is 23.2 Å². The van der Waals surface area contributed by atoms with Gasteiger partial charge in [0, 0.05) is 17.1 Å². The maximum atomic E-state index is 11.6. The molecule has 0 unspecified atom stereocenters. The highest BCUT2D eigenvalue weighted by molar-refractivity contribution is 6.35. The van der Waals surface area contributed by atoms with Gasteiger partial charge in [0.2, 0.25) is 0 Å². The molecule has 0 saturated heterocycles. The Balaban J connectivity index is 2.43. The minimum atomic E-state index is -0.465. The number of hydrogen-bond donors (Lipinski definition) is 3. The molecule has 1 aromatic carbocycles. The van der Waals surface area contributed by atoms with Crippen LogP contribution in [0.4, 0.5) is 4.79 Å². The van der Waals surface area contributed by atoms with Gasteiger partial charge in [-0.25, -0.2) is 4.79 Å². The van der Waals surface area contributed by atoms with Gasteiger partial charge in [0.15, 0.2) is 6.54 Å². The van der Waals surface area contributed by atoms with Gasteiger partial charge in [-0.05, 0) is 25.5 Å². The number of urea groups is 1. The number of halogens is 2. The smallest absolute Gasteiger partial charge is 0.321 e. The summed E-state index contributed by atoms with van der Waals surface area (Å²) < 4.78 is 0. The van der Waals surface area contributed by atoms with E-state index in [2.05, 4.69) is 10.6 Å². The number of nitrogens with one attached hydrogen (secondary N) is 2. The average molecular weight is 333 g/mol. The standard InChI is InChI=1S/C14H19Cl2N3O2/c1-3-6-17-14(21)19-13(20)8-18-9(2)11-5-4-10(15)7-12(11)16/h4-5,7,9,18H,3,6,8H2,1-2H3,(H2,17,19,20,21)/p+1/t9-/m1/s1. The molecule has 21 heavy (non-hydrogen) atoms. The third kappa shape index (κ3) is 6.33. The predicted octanol–water partition coefficient (Wildman–Crippen LogP) is 1.85. The molecule has 0 aliphatic heterocycles. The zero-order valence-corrected chi connectivity index (χ0v) is 13.6. The highest BCUT2D eigenvalue weighted by Crippen LogP contribution is 2.24. The molecule has 3 amide bonds. The molecule has 7 heteroatoms. The first-order valence-corrected chi connectivity index (χ1v) is 7.55. The van der Waals surface area contributed by atoms with Crippen molar-refractivity contribution in [3.8, 4) is 0 Å². The van der Waals surface area contributed by atoms with E-state index >= 15 is 0 Å². The fourth-order valence-electron chi connectivity index (χ4n) is 1.74. The van der Waals surface area contributed by atoms with E-state index in [0.29, 0.717) is 16.6 Å². The number of rotatable bonds is 6. The average Bonchev–Trinajstić information content (AvgIpc) is 2.42. The lowest BCUT2D eigenvalue weighted by Crippen LogP contribution is -2.87. The van der Waals surface area contributed by atoms with Gasteiger partial charge < -0.3 is 10.6 Å². The Morgan fingerprint density at radius 1 is 1.33 bits per heavy atom. The Bertz CT molecular complexity index is 509. The first kappa shape index (κ1) is 17.8. The normalized spacial score (nSPS) is 11.8. The Morgan fingerprint density at radius 2 is 2.05 bits per heavy atom. The highest BCUT2D eigenvalue weighted by atomic mass is 35.5. The van der Waals surface area contributed by atoms with Crippen LogP contribution in [-0.2, 0) is 4.79 Å². The number of imide groups is 1. The molecule has 1 rings (SSSR count). The van der Waals surface area contributed by atoms with Gasteiger partial charge in [-0.2, -0.15) is 0 Å². The number of hydrogen-bond acceptors (Lipinski definition) is 2. The molecule has 0 saturated carbocycles. The number of nitrogens with two attached hydrogens (primary N) is 1. The van der Waals surface area contributed by atoms with Crippen molar-refractivity contribution in [2.75, 3.05) is 13.1 Å². The summed E-state index contributed by atoms with van der Waals surface area (Å²) in [6.07, 6.45) is 0.819. The lowest BCUT2D eigenvalue weighted by molar-refractivity contribution is -0.682. The summed E-state index contributed by atoms with van der Waals surface area (Å²) in [5.74, 6) is -0.347. The van der Waals surface area contributed by atoms with Crippen LogP contribution in [0.15, 0.2) is 18.2 Å². The first-order valence-electron chi connectivity index (χ1n) is 6.80. The van der Waals surface area contributed by atoms with E-state index in [1.54, 1.807) is 17.4 Å². The maximum absolute atomic E-state index is 11.6. The number of amides is 3. The number of carbonyl (C=O) groups excluding carboxylic acids is 2. The van der Waals surface area contributed by atoms with Crippen LogP contribution in [0.5, 0.6) is 0 Å². The van der Waals surface area contributed by atoms with E-state index in [1.165, 1.54) is 0 Å². The van der Waals surface area contributed by atoms with Crippen molar-refractivity contribution in [1.82, 2.24) is 10.6 Å². The molecule has 0 bridgehead atoms. The van der Waals surface area contributed by atoms with Crippen LogP contribution < -0.4 is 16.0 Å². The summed E-state index contributed by atoms with van der Waals surface area (Å²) >= 11 is 12.0. The molecule has 116 valence electrons. The Labute approximate surface area is 134 Å². The molecule has 0 heterocycles. The molecule has 0 radical (unpaired) electrons. The molecule has 0 aliphatic carbocycles. The Morgan fingerprint density at radius 3 is 2.67 bits per heavy atom. The Kier molecular flexibility index (Phi) is 7.50. The maximum Gasteiger partial charge on any atom is 0.321 e. The van der Waals surface area contributed by atoms with Gasteiger partial charge in [0.25, 0.3) is 5.91 Å². The van der Waals surface area contributed by atoms with Crippen molar-refractivity contribution in [2.24, 2.45) is 0 Å². The Hall–Kier alpha value is -1.30. The van der Waals surface area contributed by atoms with E-state index in [9.17, 15) is 9.59 Å². The van der Waals surface area contributed by atoms with Crippen molar-refractivity contribution >= 4 is 35.1 Å². The molecule has 5 nitrogen and oxygen atoms in total. The van der Waals surface area contributed by atoms with Crippen LogP contribution in [0.1, 0.15) is 31.9 Å². The zero-order chi connectivity index (χ0) is 15.8. The summed E-state index contributed by atoms with van der Waals surface area (Å²) in [6.45, 7) is 4.55. The molecule has 1 aromatic rings. The molecule has 0 fully saturated rings. The SMILES string of the molecule is CCCNC(=O)NC(=O)C[NH2+][C@H](C)c1ccc(Cl)cc1Cl. The minimum Gasteiger partial charge on any atom is -0.338 e. The molecule has 0 aliphatic rings. The van der Waals surface area contributed by atoms with Crippen molar-refractivity contribution in [3.05, 3.63) is 33.8 Å². The monoisotopic (exact) mass is 332 g/mol. The van der Waals surface area contributed by atoms with Gasteiger partial charge >= 0.3 is 6.03 Å². The summed E-state index contributed by atoms with van der Waals surface area (Å²) in [5, 5.41) is 7.78. The quantitative estimate of drug-likeness (QED) is 0.743. The fraction of sp³-hybridized carbons (Fsp3) is 0.429.